The number of hydrogen-bond donors (Lipinski definition) is 2. The number of carbonyl (C=O) groups excluding carboxylic acids is 1. The molecule has 2 amide bonds. The van der Waals surface area contributed by atoms with E-state index in [9.17, 15) is 13.6 Å². The fraction of sp³-hybridized carbons (Fsp3) is 0. The monoisotopic (exact) mass is 296 g/mol. The summed E-state index contributed by atoms with van der Waals surface area (Å²) >= 11 is -1.24. The Morgan fingerprint density at radius 1 is 1.32 bits per heavy atom. The molecule has 0 saturated carbocycles. The summed E-state index contributed by atoms with van der Waals surface area (Å²) in [5.41, 5.74) is 5.73. The molecule has 0 aliphatic rings. The second-order valence-electron chi connectivity index (χ2n) is 3.47. The summed E-state index contributed by atoms with van der Waals surface area (Å²) in [7, 11) is 0. The maximum Gasteiger partial charge on any atom is 0.316 e. The Balaban J connectivity index is 2.48. The molecule has 0 saturated heterocycles. The van der Waals surface area contributed by atoms with Crippen molar-refractivity contribution < 1.29 is 13.6 Å². The van der Waals surface area contributed by atoms with E-state index in [1.165, 1.54) is 11.3 Å². The topological polar surface area (TPSA) is 98.5 Å². The Kier molecular flexibility index (Phi) is 4.15. The van der Waals surface area contributed by atoms with E-state index >= 15 is 0 Å². The number of nitrogens with one attached hydrogen (secondary N) is 1. The maximum absolute atomic E-state index is 11.4. The summed E-state index contributed by atoms with van der Waals surface area (Å²) in [6, 6.07) is 9.17. The Labute approximate surface area is 116 Å². The predicted octanol–water partition coefficient (Wildman–Crippen LogP) is 2.17. The van der Waals surface area contributed by atoms with Crippen LogP contribution in [0.1, 0.15) is 0 Å². The van der Waals surface area contributed by atoms with Crippen LogP contribution in [0.4, 0.5) is 21.2 Å². The number of primary amides is 1. The fourth-order valence-corrected chi connectivity index (χ4v) is 3.03. The molecule has 1 aromatic heterocycles. The number of hydrogen-bond acceptors (Lipinski definition) is 4. The molecular formula is C11H10N3O3S2-. The SMILES string of the molecule is NC(=O)Nc1ccccc1N(c1cccs1)S(=O)[O-]. The number of rotatable bonds is 4. The van der Waals surface area contributed by atoms with Gasteiger partial charge in [0.15, 0.2) is 0 Å². The second-order valence-corrected chi connectivity index (χ2v) is 5.19. The van der Waals surface area contributed by atoms with Crippen molar-refractivity contribution >= 4 is 45.0 Å². The second kappa shape index (κ2) is 5.83. The average Bonchev–Trinajstić information content (AvgIpc) is 2.84. The van der Waals surface area contributed by atoms with Crippen molar-refractivity contribution in [2.45, 2.75) is 0 Å². The molecule has 0 bridgehead atoms. The predicted molar refractivity (Wildman–Crippen MR) is 75.0 cm³/mol. The lowest BCUT2D eigenvalue weighted by Gasteiger charge is -2.26. The first-order valence-corrected chi connectivity index (χ1v) is 7.09. The summed E-state index contributed by atoms with van der Waals surface area (Å²) in [5.74, 6) is 0. The molecule has 1 atom stereocenters. The van der Waals surface area contributed by atoms with Crippen LogP contribution in [0.25, 0.3) is 0 Å². The van der Waals surface area contributed by atoms with E-state index in [0.29, 0.717) is 16.4 Å². The first kappa shape index (κ1) is 13.5. The van der Waals surface area contributed by atoms with Crippen LogP contribution in [0.2, 0.25) is 0 Å². The molecule has 0 aliphatic carbocycles. The van der Waals surface area contributed by atoms with Gasteiger partial charge in [0.1, 0.15) is 5.00 Å². The molecule has 1 aromatic carbocycles. The lowest BCUT2D eigenvalue weighted by molar-refractivity contribution is 0.259. The van der Waals surface area contributed by atoms with Gasteiger partial charge in [-0.05, 0) is 29.6 Å². The number of anilines is 3. The summed E-state index contributed by atoms with van der Waals surface area (Å²) in [6.07, 6.45) is 0. The molecule has 19 heavy (non-hydrogen) atoms. The smallest absolute Gasteiger partial charge is 0.316 e. The zero-order valence-electron chi connectivity index (χ0n) is 9.61. The minimum atomic E-state index is -2.51. The normalized spacial score (nSPS) is 11.8. The van der Waals surface area contributed by atoms with E-state index in [-0.39, 0.29) is 0 Å². The van der Waals surface area contributed by atoms with Crippen molar-refractivity contribution in [1.82, 2.24) is 0 Å². The molecule has 0 fully saturated rings. The van der Waals surface area contributed by atoms with Gasteiger partial charge in [0.05, 0.1) is 22.6 Å². The highest BCUT2D eigenvalue weighted by atomic mass is 32.2. The number of nitrogens with zero attached hydrogens (tertiary/aromatic N) is 1. The van der Waals surface area contributed by atoms with Crippen LogP contribution in [0.15, 0.2) is 41.8 Å². The van der Waals surface area contributed by atoms with Gasteiger partial charge in [0.2, 0.25) is 0 Å². The van der Waals surface area contributed by atoms with Gasteiger partial charge in [-0.25, -0.2) is 4.79 Å². The Bertz CT molecular complexity index is 601. The van der Waals surface area contributed by atoms with Gasteiger partial charge < -0.3 is 15.6 Å². The molecule has 0 spiro atoms. The number of thiophene rings is 1. The van der Waals surface area contributed by atoms with Gasteiger partial charge in [0, 0.05) is 0 Å². The number of para-hydroxylation sites is 2. The molecule has 8 heteroatoms. The third-order valence-electron chi connectivity index (χ3n) is 2.24. The van der Waals surface area contributed by atoms with Crippen molar-refractivity contribution in [2.75, 3.05) is 9.62 Å². The number of nitrogens with two attached hydrogens (primary N) is 1. The van der Waals surface area contributed by atoms with Gasteiger partial charge in [0.25, 0.3) is 0 Å². The summed E-state index contributed by atoms with van der Waals surface area (Å²) in [5, 5.41) is 4.68. The van der Waals surface area contributed by atoms with Crippen LogP contribution in [0.5, 0.6) is 0 Å². The largest absolute Gasteiger partial charge is 0.755 e. The van der Waals surface area contributed by atoms with Crippen molar-refractivity contribution in [2.24, 2.45) is 5.73 Å². The van der Waals surface area contributed by atoms with Gasteiger partial charge in [-0.2, -0.15) is 0 Å². The van der Waals surface area contributed by atoms with Gasteiger partial charge in [-0.1, -0.05) is 12.1 Å². The number of amides is 2. The first-order valence-electron chi connectivity index (χ1n) is 5.18. The standard InChI is InChI=1S/C11H11N3O3S2/c12-11(15)13-8-4-1-2-5-9(8)14(19(16)17)10-6-3-7-18-10/h1-7H,(H,16,17)(H3,12,13,15)/p-1. The summed E-state index contributed by atoms with van der Waals surface area (Å²) < 4.78 is 23.9. The zero-order chi connectivity index (χ0) is 13.8. The highest BCUT2D eigenvalue weighted by Crippen LogP contribution is 2.35. The van der Waals surface area contributed by atoms with Crippen LogP contribution >= 0.6 is 11.3 Å². The van der Waals surface area contributed by atoms with E-state index in [2.05, 4.69) is 5.32 Å². The molecule has 1 unspecified atom stereocenters. The van der Waals surface area contributed by atoms with Crippen LogP contribution in [0.3, 0.4) is 0 Å². The van der Waals surface area contributed by atoms with Crippen molar-refractivity contribution in [3.05, 3.63) is 41.8 Å². The molecule has 6 nitrogen and oxygen atoms in total. The quantitative estimate of drug-likeness (QED) is 0.846. The summed E-state index contributed by atoms with van der Waals surface area (Å²) in [6.45, 7) is 0. The molecule has 100 valence electrons. The fourth-order valence-electron chi connectivity index (χ4n) is 1.55. The number of urea groups is 1. The van der Waals surface area contributed by atoms with Gasteiger partial charge in [-0.3, -0.25) is 8.51 Å². The van der Waals surface area contributed by atoms with Crippen LogP contribution < -0.4 is 15.4 Å². The van der Waals surface area contributed by atoms with E-state index in [1.54, 1.807) is 41.8 Å². The minimum Gasteiger partial charge on any atom is -0.755 e. The van der Waals surface area contributed by atoms with E-state index < -0.39 is 17.3 Å². The van der Waals surface area contributed by atoms with Crippen LogP contribution in [0, 0.1) is 0 Å². The Hall–Kier alpha value is -1.90. The minimum absolute atomic E-state index is 0.326. The Morgan fingerprint density at radius 3 is 2.63 bits per heavy atom. The van der Waals surface area contributed by atoms with Gasteiger partial charge in [-0.15, -0.1) is 11.3 Å². The van der Waals surface area contributed by atoms with Crippen molar-refractivity contribution in [3.63, 3.8) is 0 Å². The van der Waals surface area contributed by atoms with E-state index in [0.717, 1.165) is 4.31 Å². The average molecular weight is 296 g/mol. The molecule has 1 heterocycles. The van der Waals surface area contributed by atoms with E-state index in [1.807, 2.05) is 0 Å². The maximum atomic E-state index is 11.4. The zero-order valence-corrected chi connectivity index (χ0v) is 11.2. The number of benzene rings is 1. The molecule has 3 N–H and O–H groups in total. The third kappa shape index (κ3) is 3.11. The highest BCUT2D eigenvalue weighted by molar-refractivity contribution is 7.81. The lowest BCUT2D eigenvalue weighted by atomic mass is 10.2. The third-order valence-corrected chi connectivity index (χ3v) is 3.90. The molecule has 0 radical (unpaired) electrons. The lowest BCUT2D eigenvalue weighted by Crippen LogP contribution is -2.23. The van der Waals surface area contributed by atoms with Crippen molar-refractivity contribution in [1.29, 1.82) is 0 Å². The van der Waals surface area contributed by atoms with E-state index in [4.69, 9.17) is 5.73 Å². The van der Waals surface area contributed by atoms with Crippen LogP contribution in [-0.4, -0.2) is 14.8 Å². The molecular weight excluding hydrogens is 286 g/mol. The van der Waals surface area contributed by atoms with Crippen LogP contribution in [-0.2, 0) is 11.3 Å². The van der Waals surface area contributed by atoms with Crippen molar-refractivity contribution in [3.8, 4) is 0 Å². The molecule has 2 aromatic rings. The van der Waals surface area contributed by atoms with Gasteiger partial charge >= 0.3 is 6.03 Å². The molecule has 0 aliphatic heterocycles. The highest BCUT2D eigenvalue weighted by Gasteiger charge is 2.15. The Morgan fingerprint density at radius 2 is 2.05 bits per heavy atom. The summed E-state index contributed by atoms with van der Waals surface area (Å²) in [4.78, 5) is 10.9. The first-order chi connectivity index (χ1) is 9.09. The molecule has 2 rings (SSSR count). The number of carbonyl (C=O) groups is 1.